The van der Waals surface area contributed by atoms with Gasteiger partial charge in [-0.25, -0.2) is 4.79 Å². The van der Waals surface area contributed by atoms with E-state index in [1.807, 2.05) is 13.8 Å². The van der Waals surface area contributed by atoms with Gasteiger partial charge < -0.3 is 10.3 Å². The Bertz CT molecular complexity index is 367. The molecule has 0 spiro atoms. The molecule has 15 heavy (non-hydrogen) atoms. The highest BCUT2D eigenvalue weighted by Crippen LogP contribution is 1.91. The first kappa shape index (κ1) is 11.6. The molecule has 5 heteroatoms. The first-order valence-electron chi connectivity index (χ1n) is 5.16. The lowest BCUT2D eigenvalue weighted by Gasteiger charge is -2.10. The van der Waals surface area contributed by atoms with Crippen LogP contribution in [-0.4, -0.2) is 21.5 Å². The van der Waals surface area contributed by atoms with E-state index in [0.717, 1.165) is 6.42 Å². The molecule has 0 fully saturated rings. The number of aromatic amines is 1. The maximum atomic E-state index is 11.4. The molecule has 0 aliphatic heterocycles. The number of nitrogens with one attached hydrogen (secondary N) is 2. The molecule has 0 aliphatic rings. The van der Waals surface area contributed by atoms with Gasteiger partial charge in [0.15, 0.2) is 0 Å². The van der Waals surface area contributed by atoms with Crippen LogP contribution in [0.4, 0.5) is 0 Å². The van der Waals surface area contributed by atoms with Crippen LogP contribution in [0.15, 0.2) is 17.2 Å². The van der Waals surface area contributed by atoms with Gasteiger partial charge in [-0.15, -0.1) is 0 Å². The number of amides is 1. The third-order valence-corrected chi connectivity index (χ3v) is 2.32. The van der Waals surface area contributed by atoms with Crippen LogP contribution in [0.3, 0.4) is 0 Å². The van der Waals surface area contributed by atoms with Gasteiger partial charge in [0.1, 0.15) is 0 Å². The highest BCUT2D eigenvalue weighted by Gasteiger charge is 2.05. The zero-order valence-corrected chi connectivity index (χ0v) is 9.12. The van der Waals surface area contributed by atoms with Crippen LogP contribution >= 0.6 is 0 Å². The van der Waals surface area contributed by atoms with Gasteiger partial charge in [0.25, 0.3) is 0 Å². The Morgan fingerprint density at radius 1 is 1.67 bits per heavy atom. The fraction of sp³-hybridized carbons (Fsp3) is 0.600. The van der Waals surface area contributed by atoms with Crippen molar-refractivity contribution in [2.75, 3.05) is 0 Å². The van der Waals surface area contributed by atoms with Gasteiger partial charge in [-0.3, -0.25) is 9.36 Å². The average molecular weight is 211 g/mol. The summed E-state index contributed by atoms with van der Waals surface area (Å²) in [6, 6.07) is 0.195. The summed E-state index contributed by atoms with van der Waals surface area (Å²) in [5, 5.41) is 2.85. The number of rotatable bonds is 5. The maximum absolute atomic E-state index is 11.4. The van der Waals surface area contributed by atoms with Gasteiger partial charge in [-0.2, -0.15) is 0 Å². The lowest BCUT2D eigenvalue weighted by atomic mass is 10.2. The molecule has 1 unspecified atom stereocenters. The Morgan fingerprint density at radius 3 is 2.93 bits per heavy atom. The number of carbonyl (C=O) groups excluding carboxylic acids is 1. The molecule has 0 radical (unpaired) electrons. The van der Waals surface area contributed by atoms with Gasteiger partial charge in [0.05, 0.1) is 0 Å². The Balaban J connectivity index is 2.35. The second-order valence-electron chi connectivity index (χ2n) is 3.59. The van der Waals surface area contributed by atoms with Crippen molar-refractivity contribution in [1.29, 1.82) is 0 Å². The van der Waals surface area contributed by atoms with E-state index < -0.39 is 0 Å². The number of nitrogens with zero attached hydrogens (tertiary/aromatic N) is 1. The van der Waals surface area contributed by atoms with Crippen LogP contribution < -0.4 is 11.0 Å². The van der Waals surface area contributed by atoms with E-state index in [-0.39, 0.29) is 17.6 Å². The van der Waals surface area contributed by atoms with Crippen molar-refractivity contribution >= 4 is 5.91 Å². The monoisotopic (exact) mass is 211 g/mol. The molecule has 0 saturated heterocycles. The summed E-state index contributed by atoms with van der Waals surface area (Å²) in [5.74, 6) is -0.0162. The molecule has 1 rings (SSSR count). The molecule has 0 bridgehead atoms. The number of imidazole rings is 1. The second kappa shape index (κ2) is 5.38. The van der Waals surface area contributed by atoms with Crippen LogP contribution in [0.1, 0.15) is 26.7 Å². The summed E-state index contributed by atoms with van der Waals surface area (Å²) in [7, 11) is 0. The van der Waals surface area contributed by atoms with E-state index in [0.29, 0.717) is 13.0 Å². The minimum absolute atomic E-state index is 0.0162. The quantitative estimate of drug-likeness (QED) is 0.744. The van der Waals surface area contributed by atoms with E-state index in [4.69, 9.17) is 0 Å². The number of aromatic nitrogens is 2. The summed E-state index contributed by atoms with van der Waals surface area (Å²) < 4.78 is 1.48. The van der Waals surface area contributed by atoms with Crippen LogP contribution in [0, 0.1) is 0 Å². The SMILES string of the molecule is CCC(C)NC(=O)CCn1cc[nH]c1=O. The molecular weight excluding hydrogens is 194 g/mol. The number of hydrogen-bond acceptors (Lipinski definition) is 2. The van der Waals surface area contributed by atoms with Crippen molar-refractivity contribution in [1.82, 2.24) is 14.9 Å². The lowest BCUT2D eigenvalue weighted by Crippen LogP contribution is -2.33. The zero-order valence-electron chi connectivity index (χ0n) is 9.12. The third-order valence-electron chi connectivity index (χ3n) is 2.32. The van der Waals surface area contributed by atoms with Crippen LogP contribution in [0.5, 0.6) is 0 Å². The molecule has 1 amide bonds. The zero-order chi connectivity index (χ0) is 11.3. The van der Waals surface area contributed by atoms with E-state index in [1.165, 1.54) is 4.57 Å². The maximum Gasteiger partial charge on any atom is 0.325 e. The molecule has 5 nitrogen and oxygen atoms in total. The topological polar surface area (TPSA) is 66.9 Å². The Morgan fingerprint density at radius 2 is 2.40 bits per heavy atom. The highest BCUT2D eigenvalue weighted by atomic mass is 16.2. The number of carbonyl (C=O) groups is 1. The third kappa shape index (κ3) is 3.61. The summed E-state index contributed by atoms with van der Waals surface area (Å²) in [6.07, 6.45) is 4.45. The van der Waals surface area contributed by atoms with Crippen molar-refractivity contribution in [2.24, 2.45) is 0 Å². The summed E-state index contributed by atoms with van der Waals surface area (Å²) >= 11 is 0. The first-order chi connectivity index (χ1) is 7.13. The van der Waals surface area contributed by atoms with Gasteiger partial charge in [-0.05, 0) is 13.3 Å². The molecule has 1 atom stereocenters. The summed E-state index contributed by atoms with van der Waals surface area (Å²) in [6.45, 7) is 4.40. The molecular formula is C10H17N3O2. The van der Waals surface area contributed by atoms with Gasteiger partial charge in [0.2, 0.25) is 5.91 Å². The number of H-pyrrole nitrogens is 1. The van der Waals surface area contributed by atoms with Gasteiger partial charge in [0, 0.05) is 31.4 Å². The molecule has 84 valence electrons. The van der Waals surface area contributed by atoms with E-state index in [1.54, 1.807) is 12.4 Å². The Hall–Kier alpha value is -1.52. The molecule has 1 aromatic heterocycles. The smallest absolute Gasteiger partial charge is 0.325 e. The van der Waals surface area contributed by atoms with Crippen molar-refractivity contribution < 1.29 is 4.79 Å². The number of hydrogen-bond donors (Lipinski definition) is 2. The summed E-state index contributed by atoms with van der Waals surface area (Å²) in [5.41, 5.74) is -0.175. The van der Waals surface area contributed by atoms with Crippen molar-refractivity contribution in [3.63, 3.8) is 0 Å². The standard InChI is InChI=1S/C10H17N3O2/c1-3-8(2)12-9(14)4-6-13-7-5-11-10(13)15/h5,7-8H,3-4,6H2,1-2H3,(H,11,15)(H,12,14). The van der Waals surface area contributed by atoms with Gasteiger partial charge >= 0.3 is 5.69 Å². The Labute approximate surface area is 88.5 Å². The second-order valence-corrected chi connectivity index (χ2v) is 3.59. The highest BCUT2D eigenvalue weighted by molar-refractivity contribution is 5.76. The van der Waals surface area contributed by atoms with Gasteiger partial charge in [-0.1, -0.05) is 6.92 Å². The lowest BCUT2D eigenvalue weighted by molar-refractivity contribution is -0.121. The van der Waals surface area contributed by atoms with E-state index >= 15 is 0 Å². The molecule has 1 heterocycles. The summed E-state index contributed by atoms with van der Waals surface area (Å²) in [4.78, 5) is 25.0. The fourth-order valence-electron chi connectivity index (χ4n) is 1.20. The van der Waals surface area contributed by atoms with Crippen molar-refractivity contribution in [2.45, 2.75) is 39.3 Å². The van der Waals surface area contributed by atoms with Crippen LogP contribution in [0.25, 0.3) is 0 Å². The van der Waals surface area contributed by atoms with Crippen molar-refractivity contribution in [3.8, 4) is 0 Å². The molecule has 0 aliphatic carbocycles. The van der Waals surface area contributed by atoms with E-state index in [2.05, 4.69) is 10.3 Å². The molecule has 0 aromatic carbocycles. The molecule has 2 N–H and O–H groups in total. The fourth-order valence-corrected chi connectivity index (χ4v) is 1.20. The Kier molecular flexibility index (Phi) is 4.15. The molecule has 0 saturated carbocycles. The van der Waals surface area contributed by atoms with Crippen LogP contribution in [0.2, 0.25) is 0 Å². The normalized spacial score (nSPS) is 12.4. The predicted molar refractivity (Wildman–Crippen MR) is 57.6 cm³/mol. The molecule has 1 aromatic rings. The first-order valence-corrected chi connectivity index (χ1v) is 5.16. The van der Waals surface area contributed by atoms with Crippen molar-refractivity contribution in [3.05, 3.63) is 22.9 Å². The van der Waals surface area contributed by atoms with E-state index in [9.17, 15) is 9.59 Å². The largest absolute Gasteiger partial charge is 0.354 e. The average Bonchev–Trinajstić information content (AvgIpc) is 2.61. The minimum atomic E-state index is -0.175. The predicted octanol–water partition coefficient (Wildman–Crippen LogP) is 0.481. The van der Waals surface area contributed by atoms with Crippen LogP contribution in [-0.2, 0) is 11.3 Å². The minimum Gasteiger partial charge on any atom is -0.354 e. The number of aryl methyl sites for hydroxylation is 1.